The number of hydrogen-bond donors (Lipinski definition) is 2. The summed E-state index contributed by atoms with van der Waals surface area (Å²) >= 11 is 1.07. The lowest BCUT2D eigenvalue weighted by atomic mass is 10.7. The van der Waals surface area contributed by atoms with Crippen LogP contribution in [-0.4, -0.2) is 14.0 Å². The van der Waals surface area contributed by atoms with E-state index in [2.05, 4.69) is 5.10 Å². The van der Waals surface area contributed by atoms with Crippen molar-refractivity contribution in [2.75, 3.05) is 0 Å². The fourth-order valence-corrected chi connectivity index (χ4v) is 2.01. The monoisotopic (exact) mass is 218 g/mol. The van der Waals surface area contributed by atoms with Crippen LogP contribution >= 0.6 is 12.0 Å². The number of fused-ring (bicyclic) bond motifs is 1. The molecular formula is C5H6N4O2S2. The van der Waals surface area contributed by atoms with Gasteiger partial charge in [-0.25, -0.2) is 18.8 Å². The van der Waals surface area contributed by atoms with Gasteiger partial charge in [0.15, 0.2) is 0 Å². The molecule has 1 aromatic rings. The molecule has 0 fully saturated rings. The fraction of sp³-hybridized carbons (Fsp3) is 0. The Kier molecular flexibility index (Phi) is 1.82. The lowest BCUT2D eigenvalue weighted by Gasteiger charge is -2.08. The molecule has 0 radical (unpaired) electrons. The minimum Gasteiger partial charge on any atom is -0.400 e. The molecule has 1 aromatic heterocycles. The van der Waals surface area contributed by atoms with E-state index in [1.54, 1.807) is 11.6 Å². The fourth-order valence-electron chi connectivity index (χ4n) is 0.884. The minimum atomic E-state index is -3.26. The van der Waals surface area contributed by atoms with Gasteiger partial charge in [-0.3, -0.25) is 0 Å². The van der Waals surface area contributed by atoms with Gasteiger partial charge in [0.05, 0.1) is 18.2 Å². The number of hydrogen-bond acceptors (Lipinski definition) is 5. The summed E-state index contributed by atoms with van der Waals surface area (Å²) in [6.45, 7) is 0. The Labute approximate surface area is 79.1 Å². The molecule has 13 heavy (non-hydrogen) atoms. The van der Waals surface area contributed by atoms with Gasteiger partial charge >= 0.3 is 0 Å². The summed E-state index contributed by atoms with van der Waals surface area (Å²) < 4.78 is 24.8. The Morgan fingerprint density at radius 3 is 3.23 bits per heavy atom. The Bertz CT molecular complexity index is 461. The second-order valence-corrected chi connectivity index (χ2v) is 4.60. The maximum atomic E-state index is 11.2. The molecule has 1 aliphatic rings. The lowest BCUT2D eigenvalue weighted by molar-refractivity contribution is 0.571. The standard InChI is InChI=1S/C5H6N4O2S2/c6-13(7,10)4-3-8-9-1-2-12-11-5(4)9/h1-3H,(H3,6,7,10). The van der Waals surface area contributed by atoms with Crippen LogP contribution in [0.5, 0.6) is 5.88 Å². The van der Waals surface area contributed by atoms with Crippen molar-refractivity contribution in [1.29, 1.82) is 4.78 Å². The molecular weight excluding hydrogens is 212 g/mol. The first kappa shape index (κ1) is 8.60. The van der Waals surface area contributed by atoms with E-state index in [0.29, 0.717) is 0 Å². The summed E-state index contributed by atoms with van der Waals surface area (Å²) in [6, 6.07) is 0. The first-order valence-corrected chi connectivity index (χ1v) is 5.66. The zero-order valence-electron chi connectivity index (χ0n) is 6.34. The van der Waals surface area contributed by atoms with Gasteiger partial charge in [0.1, 0.15) is 14.8 Å². The van der Waals surface area contributed by atoms with Crippen LogP contribution in [0.2, 0.25) is 0 Å². The summed E-state index contributed by atoms with van der Waals surface area (Å²) in [7, 11) is -3.26. The van der Waals surface area contributed by atoms with Gasteiger partial charge in [-0.1, -0.05) is 0 Å². The molecule has 0 saturated heterocycles. The number of aromatic nitrogens is 2. The van der Waals surface area contributed by atoms with Crippen molar-refractivity contribution < 1.29 is 8.39 Å². The van der Waals surface area contributed by atoms with Gasteiger partial charge in [-0.05, 0) is 0 Å². The number of nitrogens with two attached hydrogens (primary N) is 1. The molecule has 0 aromatic carbocycles. The van der Waals surface area contributed by atoms with E-state index in [-0.39, 0.29) is 10.8 Å². The molecule has 3 N–H and O–H groups in total. The first-order chi connectivity index (χ1) is 6.09. The summed E-state index contributed by atoms with van der Waals surface area (Å²) in [5, 5.41) is 10.7. The van der Waals surface area contributed by atoms with E-state index < -0.39 is 9.92 Å². The molecule has 1 aliphatic heterocycles. The molecule has 0 aliphatic carbocycles. The molecule has 1 unspecified atom stereocenters. The lowest BCUT2D eigenvalue weighted by Crippen LogP contribution is -2.11. The average Bonchev–Trinajstić information content (AvgIpc) is 2.45. The van der Waals surface area contributed by atoms with Crippen LogP contribution in [0, 0.1) is 4.78 Å². The van der Waals surface area contributed by atoms with Gasteiger partial charge in [-0.15, -0.1) is 0 Å². The highest BCUT2D eigenvalue weighted by Gasteiger charge is 2.19. The van der Waals surface area contributed by atoms with Crippen LogP contribution in [0.1, 0.15) is 0 Å². The Balaban J connectivity index is 2.63. The Morgan fingerprint density at radius 1 is 1.77 bits per heavy atom. The van der Waals surface area contributed by atoms with Crippen molar-refractivity contribution in [3.63, 3.8) is 0 Å². The summed E-state index contributed by atoms with van der Waals surface area (Å²) in [5.74, 6) is 0.259. The van der Waals surface area contributed by atoms with Crippen LogP contribution < -0.4 is 9.32 Å². The van der Waals surface area contributed by atoms with E-state index in [1.165, 1.54) is 10.9 Å². The second-order valence-electron chi connectivity index (χ2n) is 2.32. The normalized spacial score (nSPS) is 18.8. The summed E-state index contributed by atoms with van der Waals surface area (Å²) in [4.78, 5) is 0.115. The number of rotatable bonds is 1. The molecule has 0 amide bonds. The van der Waals surface area contributed by atoms with Crippen LogP contribution in [0.4, 0.5) is 0 Å². The third kappa shape index (κ3) is 1.43. The highest BCUT2D eigenvalue weighted by Crippen LogP contribution is 2.29. The maximum Gasteiger partial charge on any atom is 0.249 e. The summed E-state index contributed by atoms with van der Waals surface area (Å²) in [6.07, 6.45) is 2.92. The minimum absolute atomic E-state index is 0.115. The summed E-state index contributed by atoms with van der Waals surface area (Å²) in [5.41, 5.74) is 0. The first-order valence-electron chi connectivity index (χ1n) is 3.23. The van der Waals surface area contributed by atoms with Crippen molar-refractivity contribution in [3.05, 3.63) is 11.6 Å². The van der Waals surface area contributed by atoms with Crippen molar-refractivity contribution in [2.45, 2.75) is 4.90 Å². The second kappa shape index (κ2) is 2.76. The number of nitrogens with zero attached hydrogens (tertiary/aromatic N) is 2. The number of nitrogens with one attached hydrogen (secondary N) is 1. The van der Waals surface area contributed by atoms with Crippen molar-refractivity contribution >= 4 is 28.2 Å². The molecule has 6 nitrogen and oxygen atoms in total. The predicted octanol–water partition coefficient (Wildman–Crippen LogP) is 0.631. The Hall–Kier alpha value is -0.990. The van der Waals surface area contributed by atoms with E-state index in [1.807, 2.05) is 0 Å². The third-order valence-electron chi connectivity index (χ3n) is 1.43. The largest absolute Gasteiger partial charge is 0.400 e. The van der Waals surface area contributed by atoms with Crippen LogP contribution in [0.15, 0.2) is 16.5 Å². The molecule has 2 rings (SSSR count). The smallest absolute Gasteiger partial charge is 0.249 e. The van der Waals surface area contributed by atoms with Crippen molar-refractivity contribution in [2.24, 2.45) is 5.14 Å². The van der Waals surface area contributed by atoms with E-state index in [4.69, 9.17) is 14.1 Å². The molecule has 0 spiro atoms. The van der Waals surface area contributed by atoms with Crippen LogP contribution in [-0.2, 0) is 9.92 Å². The molecule has 0 saturated carbocycles. The predicted molar refractivity (Wildman–Crippen MR) is 49.1 cm³/mol. The van der Waals surface area contributed by atoms with Crippen molar-refractivity contribution in [3.8, 4) is 5.88 Å². The Morgan fingerprint density at radius 2 is 2.54 bits per heavy atom. The molecule has 8 heteroatoms. The van der Waals surface area contributed by atoms with Gasteiger partial charge in [0.25, 0.3) is 0 Å². The average molecular weight is 218 g/mol. The topological polar surface area (TPSA) is 94.0 Å². The van der Waals surface area contributed by atoms with Crippen LogP contribution in [0.3, 0.4) is 0 Å². The zero-order chi connectivity index (χ0) is 9.47. The molecule has 0 bridgehead atoms. The van der Waals surface area contributed by atoms with Gasteiger partial charge < -0.3 is 4.18 Å². The quantitative estimate of drug-likeness (QED) is 0.676. The maximum absolute atomic E-state index is 11.2. The highest BCUT2D eigenvalue weighted by atomic mass is 32.2. The van der Waals surface area contributed by atoms with Gasteiger partial charge in [0.2, 0.25) is 5.88 Å². The third-order valence-corrected chi connectivity index (χ3v) is 2.85. The SMILES string of the molecule is N=S(N)(=O)c1cnn2c1OSC=C2. The van der Waals surface area contributed by atoms with Gasteiger partial charge in [-0.2, -0.15) is 5.10 Å². The van der Waals surface area contributed by atoms with E-state index in [9.17, 15) is 4.21 Å². The zero-order valence-corrected chi connectivity index (χ0v) is 7.97. The highest BCUT2D eigenvalue weighted by molar-refractivity contribution is 7.98. The molecule has 1 atom stereocenters. The van der Waals surface area contributed by atoms with E-state index in [0.717, 1.165) is 12.0 Å². The van der Waals surface area contributed by atoms with Crippen LogP contribution in [0.25, 0.3) is 6.20 Å². The van der Waals surface area contributed by atoms with Gasteiger partial charge in [0, 0.05) is 11.6 Å². The van der Waals surface area contributed by atoms with E-state index >= 15 is 0 Å². The van der Waals surface area contributed by atoms with Crippen molar-refractivity contribution in [1.82, 2.24) is 9.78 Å². The molecule has 70 valence electrons. The molecule has 2 heterocycles.